The van der Waals surface area contributed by atoms with E-state index in [2.05, 4.69) is 41.9 Å². The lowest BCUT2D eigenvalue weighted by Gasteiger charge is -2.50. The number of ether oxygens (including phenoxy) is 9. The number of hydrogen-bond acceptors (Lipinski definition) is 20. The lowest BCUT2D eigenvalue weighted by molar-refractivity contribution is -0.304. The monoisotopic (exact) mass is 1080 g/mol. The zero-order valence-electron chi connectivity index (χ0n) is 45.8. The van der Waals surface area contributed by atoms with Crippen LogP contribution in [0, 0.1) is 0 Å². The number of carbonyl (C=O) groups excluding carboxylic acids is 6. The minimum atomic E-state index is -1.98. The molecule has 1 saturated carbocycles. The fraction of sp³-hybridized carbons (Fsp3) is 0.872. The smallest absolute Gasteiger partial charge is 0.408 e. The molecule has 0 aromatic rings. The average Bonchev–Trinajstić information content (AvgIpc) is 3.22. The molecule has 3 rings (SSSR count). The van der Waals surface area contributed by atoms with E-state index in [9.17, 15) is 54.7 Å². The summed E-state index contributed by atoms with van der Waals surface area (Å²) in [7, 11) is 0. The molecule has 3 fully saturated rings. The van der Waals surface area contributed by atoms with Crippen LogP contribution in [0.2, 0.25) is 0 Å². The van der Waals surface area contributed by atoms with Gasteiger partial charge in [0.05, 0.1) is 55.1 Å². The van der Waals surface area contributed by atoms with E-state index in [0.717, 1.165) is 0 Å². The molecule has 75 heavy (non-hydrogen) atoms. The average molecular weight is 1080 g/mol. The standard InChI is InChI=1S/C47H83N9O19/c1-43(2,3)71-38(62)49-19-18-27(58)35(61)51-25-20-26(53-41(65)74-46(10,11)12)34(69-36-24(52-40(64)73-45(7,8)9)17-16-23(67-36)21-50-39(63)72-44(4,5)6)30(55-56-48)33(25)70-37-32(60)29(31(59)28(22-57)68-37)54-42(66)75-47(13,14)15/h23-34,36-37,57-60H,16-22H2,1-15H3,(H,49,62)(H,50,63)(H,51,61)(H,52,64)(H,53,65)(H,54,66)/t23?,24?,25-,26+,27+,28?,29+,30?,31+,32?,33-,34?,36+,37+/m1/s1. The van der Waals surface area contributed by atoms with E-state index in [1.54, 1.807) is 104 Å². The van der Waals surface area contributed by atoms with Crippen molar-refractivity contribution in [3.05, 3.63) is 10.4 Å². The highest BCUT2D eigenvalue weighted by molar-refractivity contribution is 5.81. The van der Waals surface area contributed by atoms with Crippen molar-refractivity contribution in [2.75, 3.05) is 19.7 Å². The Balaban J connectivity index is 2.20. The Morgan fingerprint density at radius 2 is 1.07 bits per heavy atom. The number of amides is 6. The summed E-state index contributed by atoms with van der Waals surface area (Å²) in [6, 6.07) is -7.17. The van der Waals surface area contributed by atoms with Crippen LogP contribution in [0.5, 0.6) is 0 Å². The lowest BCUT2D eigenvalue weighted by Crippen LogP contribution is -2.70. The normalized spacial score (nSPS) is 28.9. The predicted octanol–water partition coefficient (Wildman–Crippen LogP) is 2.75. The number of aliphatic hydroxyl groups is 4. The van der Waals surface area contributed by atoms with Gasteiger partial charge < -0.3 is 95.0 Å². The van der Waals surface area contributed by atoms with Gasteiger partial charge in [0.25, 0.3) is 0 Å². The van der Waals surface area contributed by atoms with Gasteiger partial charge in [0.1, 0.15) is 52.4 Å². The molecule has 0 aromatic heterocycles. The molecule has 1 aliphatic carbocycles. The van der Waals surface area contributed by atoms with Crippen LogP contribution >= 0.6 is 0 Å². The first kappa shape index (κ1) is 64.1. The van der Waals surface area contributed by atoms with Crippen molar-refractivity contribution in [2.45, 2.75) is 243 Å². The second kappa shape index (κ2) is 26.7. The third-order valence-electron chi connectivity index (χ3n) is 10.8. The van der Waals surface area contributed by atoms with Crippen molar-refractivity contribution < 1.29 is 91.8 Å². The van der Waals surface area contributed by atoms with Gasteiger partial charge in [-0.3, -0.25) is 4.79 Å². The van der Waals surface area contributed by atoms with Crippen LogP contribution in [0.15, 0.2) is 5.11 Å². The Labute approximate surface area is 437 Å². The maximum absolute atomic E-state index is 14.0. The molecule has 28 heteroatoms. The molecular weight excluding hydrogens is 995 g/mol. The second-order valence-corrected chi connectivity index (χ2v) is 23.5. The highest BCUT2D eigenvalue weighted by Crippen LogP contribution is 2.35. The molecule has 2 saturated heterocycles. The third kappa shape index (κ3) is 22.5. The van der Waals surface area contributed by atoms with E-state index in [1.165, 1.54) is 0 Å². The van der Waals surface area contributed by atoms with Crippen LogP contribution in [0.4, 0.5) is 24.0 Å². The molecule has 28 nitrogen and oxygen atoms in total. The Morgan fingerprint density at radius 3 is 1.56 bits per heavy atom. The topological polar surface area (TPSA) is 387 Å². The Bertz CT molecular complexity index is 1980. The van der Waals surface area contributed by atoms with E-state index in [0.29, 0.717) is 0 Å². The van der Waals surface area contributed by atoms with Gasteiger partial charge in [-0.2, -0.15) is 0 Å². The van der Waals surface area contributed by atoms with E-state index in [1.807, 2.05) is 0 Å². The number of rotatable bonds is 16. The zero-order chi connectivity index (χ0) is 57.0. The highest BCUT2D eigenvalue weighted by atomic mass is 16.7. The van der Waals surface area contributed by atoms with Gasteiger partial charge in [0.2, 0.25) is 5.91 Å². The fourth-order valence-corrected chi connectivity index (χ4v) is 7.89. The molecule has 6 unspecified atom stereocenters. The maximum Gasteiger partial charge on any atom is 0.408 e. The van der Waals surface area contributed by atoms with Crippen molar-refractivity contribution in [2.24, 2.45) is 5.11 Å². The van der Waals surface area contributed by atoms with Crippen molar-refractivity contribution in [1.82, 2.24) is 31.9 Å². The highest BCUT2D eigenvalue weighted by Gasteiger charge is 2.54. The van der Waals surface area contributed by atoms with E-state index < -0.39 is 163 Å². The number of carbonyl (C=O) groups is 6. The first-order valence-electron chi connectivity index (χ1n) is 24.9. The summed E-state index contributed by atoms with van der Waals surface area (Å²) in [5.74, 6) is -1.05. The summed E-state index contributed by atoms with van der Waals surface area (Å²) >= 11 is 0. The molecule has 14 atom stereocenters. The van der Waals surface area contributed by atoms with E-state index in [-0.39, 0.29) is 32.4 Å². The summed E-state index contributed by atoms with van der Waals surface area (Å²) in [6.07, 6.45) is -19.5. The molecule has 0 bridgehead atoms. The molecular formula is C47H83N9O19. The van der Waals surface area contributed by atoms with Crippen LogP contribution in [0.1, 0.15) is 130 Å². The molecule has 430 valence electrons. The number of nitrogens with zero attached hydrogens (tertiary/aromatic N) is 3. The van der Waals surface area contributed by atoms with Gasteiger partial charge in [-0.05, 0) is 135 Å². The van der Waals surface area contributed by atoms with Crippen LogP contribution in [0.3, 0.4) is 0 Å². The SMILES string of the molecule is CC(C)(C)OC(=O)NCC[C@H](O)C(=O)N[C@@H]1C[C@H](NC(=O)OC(C)(C)C)C(O[C@@H]2OC(CNC(=O)OC(C)(C)C)CCC2NC(=O)OC(C)(C)C)C(N=[N+]=[N-])[C@@H]1O[C@@H]1OC(CO)[C@H](O)[C@H](NC(=O)OC(C)(C)C)C1O. The van der Waals surface area contributed by atoms with Crippen LogP contribution < -0.4 is 31.9 Å². The largest absolute Gasteiger partial charge is 0.444 e. The molecule has 0 radical (unpaired) electrons. The minimum Gasteiger partial charge on any atom is -0.444 e. The number of azide groups is 1. The molecule has 2 heterocycles. The van der Waals surface area contributed by atoms with Crippen molar-refractivity contribution in [3.8, 4) is 0 Å². The number of aliphatic hydroxyl groups excluding tert-OH is 4. The molecule has 3 aliphatic rings. The van der Waals surface area contributed by atoms with Crippen LogP contribution in [0.25, 0.3) is 10.4 Å². The van der Waals surface area contributed by atoms with E-state index >= 15 is 0 Å². The summed E-state index contributed by atoms with van der Waals surface area (Å²) in [5, 5.41) is 64.1. The first-order valence-corrected chi connectivity index (χ1v) is 24.9. The van der Waals surface area contributed by atoms with Crippen molar-refractivity contribution >= 4 is 36.4 Å². The Hall–Kier alpha value is -5.19. The number of alkyl carbamates (subject to hydrolysis) is 5. The fourth-order valence-electron chi connectivity index (χ4n) is 7.89. The predicted molar refractivity (Wildman–Crippen MR) is 263 cm³/mol. The summed E-state index contributed by atoms with van der Waals surface area (Å²) < 4.78 is 52.5. The summed E-state index contributed by atoms with van der Waals surface area (Å²) in [6.45, 7) is 23.2. The second-order valence-electron chi connectivity index (χ2n) is 23.5. The molecule has 0 aromatic carbocycles. The van der Waals surface area contributed by atoms with Gasteiger partial charge in [-0.25, -0.2) is 24.0 Å². The Kier molecular flexibility index (Phi) is 22.8. The van der Waals surface area contributed by atoms with Crippen molar-refractivity contribution in [3.63, 3.8) is 0 Å². The maximum atomic E-state index is 14.0. The minimum absolute atomic E-state index is 0.110. The van der Waals surface area contributed by atoms with Crippen molar-refractivity contribution in [1.29, 1.82) is 0 Å². The molecule has 10 N–H and O–H groups in total. The van der Waals surface area contributed by atoms with Gasteiger partial charge in [-0.15, -0.1) is 0 Å². The first-order chi connectivity index (χ1) is 34.4. The number of hydrogen-bond donors (Lipinski definition) is 10. The third-order valence-corrected chi connectivity index (χ3v) is 10.8. The van der Waals surface area contributed by atoms with Gasteiger partial charge in [0, 0.05) is 18.0 Å². The van der Waals surface area contributed by atoms with Crippen LogP contribution in [-0.4, -0.2) is 190 Å². The molecule has 0 spiro atoms. The van der Waals surface area contributed by atoms with Gasteiger partial charge in [-0.1, -0.05) is 5.11 Å². The van der Waals surface area contributed by atoms with E-state index in [4.69, 9.17) is 42.6 Å². The number of nitrogens with one attached hydrogen (secondary N) is 6. The van der Waals surface area contributed by atoms with Gasteiger partial charge in [0.15, 0.2) is 12.6 Å². The molecule has 2 aliphatic heterocycles. The summed E-state index contributed by atoms with van der Waals surface area (Å²) in [4.78, 5) is 82.2. The zero-order valence-corrected chi connectivity index (χ0v) is 45.8. The quantitative estimate of drug-likeness (QED) is 0.0460. The lowest BCUT2D eigenvalue weighted by atomic mass is 9.81. The summed E-state index contributed by atoms with van der Waals surface area (Å²) in [5.41, 5.74) is 5.56. The van der Waals surface area contributed by atoms with Crippen LogP contribution in [-0.2, 0) is 47.4 Å². The van der Waals surface area contributed by atoms with Gasteiger partial charge >= 0.3 is 30.5 Å². The molecule has 6 amide bonds. The Morgan fingerprint density at radius 1 is 0.613 bits per heavy atom.